The number of hydrogen-bond donors (Lipinski definition) is 0. The molecule has 0 aromatic heterocycles. The van der Waals surface area contributed by atoms with Crippen LogP contribution in [0.25, 0.3) is 0 Å². The van der Waals surface area contributed by atoms with Crippen LogP contribution < -0.4 is 0 Å². The van der Waals surface area contributed by atoms with Crippen molar-refractivity contribution in [1.82, 2.24) is 0 Å². The second kappa shape index (κ2) is 7.09. The molecule has 0 atom stereocenters. The summed E-state index contributed by atoms with van der Waals surface area (Å²) in [7, 11) is -0.426. The van der Waals surface area contributed by atoms with Gasteiger partial charge in [0.05, 0.1) is 0 Å². The molecule has 60 valence electrons. The van der Waals surface area contributed by atoms with E-state index >= 15 is 0 Å². The summed E-state index contributed by atoms with van der Waals surface area (Å²) in [5.41, 5.74) is 0. The van der Waals surface area contributed by atoms with Crippen LogP contribution in [0.2, 0.25) is 0 Å². The summed E-state index contributed by atoms with van der Waals surface area (Å²) >= 11 is 0. The van der Waals surface area contributed by atoms with Crippen LogP contribution in [0.3, 0.4) is 0 Å². The van der Waals surface area contributed by atoms with Gasteiger partial charge < -0.3 is 9.47 Å². The molecule has 0 heterocycles. The Bertz CT molecular complexity index is 81.7. The van der Waals surface area contributed by atoms with E-state index in [-0.39, 0.29) is 0 Å². The number of hydrogen-bond acceptors (Lipinski definition) is 4. The largest absolute Gasteiger partial charge is 0.331 e. The maximum atomic E-state index is 9.88. The number of ether oxygens (including phenoxy) is 2. The van der Waals surface area contributed by atoms with Crippen LogP contribution in [-0.4, -0.2) is 19.7 Å². The molecule has 0 aromatic rings. The van der Waals surface area contributed by atoms with Crippen LogP contribution in [0.4, 0.5) is 0 Å². The predicted octanol–water partition coefficient (Wildman–Crippen LogP) is 1.57. The zero-order valence-electron chi connectivity index (χ0n) is 6.07. The summed E-state index contributed by atoms with van der Waals surface area (Å²) in [5.74, 6) is 0. The molecule has 0 radical (unpaired) electrons. The predicted molar refractivity (Wildman–Crippen MR) is 35.7 cm³/mol. The van der Waals surface area contributed by atoms with Crippen molar-refractivity contribution in [2.45, 2.75) is 20.3 Å². The van der Waals surface area contributed by atoms with Gasteiger partial charge in [0.1, 0.15) is 0 Å². The third-order valence-electron chi connectivity index (χ3n) is 0.735. The fourth-order valence-corrected chi connectivity index (χ4v) is 0.608. The standard InChI is InChI=1S/C5H11O4P/c1-3-7-5(8-4-2)9-10-6/h5H,3-4H2,1-2H3. The zero-order chi connectivity index (χ0) is 7.82. The van der Waals surface area contributed by atoms with Gasteiger partial charge >= 0.3 is 8.69 Å². The van der Waals surface area contributed by atoms with E-state index in [1.54, 1.807) is 13.8 Å². The lowest BCUT2D eigenvalue weighted by Gasteiger charge is -2.11. The smallest absolute Gasteiger partial charge is 0.330 e. The number of rotatable bonds is 6. The molecule has 0 spiro atoms. The highest BCUT2D eigenvalue weighted by molar-refractivity contribution is 7.17. The molecule has 10 heavy (non-hydrogen) atoms. The molecule has 0 N–H and O–H groups in total. The Morgan fingerprint density at radius 2 is 1.80 bits per heavy atom. The van der Waals surface area contributed by atoms with Crippen LogP contribution in [0.15, 0.2) is 0 Å². The Kier molecular flexibility index (Phi) is 7.08. The van der Waals surface area contributed by atoms with Crippen molar-refractivity contribution in [3.05, 3.63) is 0 Å². The summed E-state index contributed by atoms with van der Waals surface area (Å²) < 4.78 is 24.1. The maximum absolute atomic E-state index is 9.88. The van der Waals surface area contributed by atoms with Crippen LogP contribution in [0.5, 0.6) is 0 Å². The van der Waals surface area contributed by atoms with Crippen LogP contribution >= 0.6 is 8.69 Å². The first-order chi connectivity index (χ1) is 4.85. The molecule has 0 saturated heterocycles. The molecule has 0 amide bonds. The van der Waals surface area contributed by atoms with E-state index in [9.17, 15) is 4.57 Å². The lowest BCUT2D eigenvalue weighted by Crippen LogP contribution is -2.16. The van der Waals surface area contributed by atoms with Crippen LogP contribution in [0.1, 0.15) is 13.8 Å². The minimum atomic E-state index is -0.797. The second-order valence-electron chi connectivity index (χ2n) is 1.38. The van der Waals surface area contributed by atoms with E-state index in [4.69, 9.17) is 9.47 Å². The summed E-state index contributed by atoms with van der Waals surface area (Å²) in [6.07, 6.45) is 0. The van der Waals surface area contributed by atoms with Crippen molar-refractivity contribution in [3.8, 4) is 0 Å². The molecule has 0 unspecified atom stereocenters. The Morgan fingerprint density at radius 1 is 1.30 bits per heavy atom. The first kappa shape index (κ1) is 9.98. The van der Waals surface area contributed by atoms with Gasteiger partial charge in [0.2, 0.25) is 0 Å². The van der Waals surface area contributed by atoms with Gasteiger partial charge in [-0.3, -0.25) is 0 Å². The lowest BCUT2D eigenvalue weighted by atomic mass is 10.8. The molecule has 0 rings (SSSR count). The lowest BCUT2D eigenvalue weighted by molar-refractivity contribution is -0.238. The van der Waals surface area contributed by atoms with Gasteiger partial charge in [-0.2, -0.15) is 0 Å². The highest BCUT2D eigenvalue weighted by Gasteiger charge is 2.06. The molecule has 4 nitrogen and oxygen atoms in total. The summed E-state index contributed by atoms with van der Waals surface area (Å²) in [6.45, 7) is 3.75. The van der Waals surface area contributed by atoms with Crippen LogP contribution in [0, 0.1) is 0 Å². The zero-order valence-corrected chi connectivity index (χ0v) is 6.97. The van der Waals surface area contributed by atoms with Gasteiger partial charge in [0, 0.05) is 13.2 Å². The van der Waals surface area contributed by atoms with Crippen molar-refractivity contribution < 1.29 is 18.6 Å². The first-order valence-electron chi connectivity index (χ1n) is 3.06. The van der Waals surface area contributed by atoms with E-state index in [0.29, 0.717) is 13.2 Å². The van der Waals surface area contributed by atoms with Crippen LogP contribution in [-0.2, 0) is 18.6 Å². The van der Waals surface area contributed by atoms with Gasteiger partial charge in [-0.15, -0.1) is 0 Å². The van der Waals surface area contributed by atoms with E-state index in [2.05, 4.69) is 4.52 Å². The SMILES string of the molecule is CCOC(OCC)OP=O. The van der Waals surface area contributed by atoms with Crippen molar-refractivity contribution >= 4 is 8.69 Å². The Hall–Kier alpha value is -0.0200. The molecule has 0 saturated carbocycles. The third-order valence-corrected chi connectivity index (χ3v) is 0.993. The summed E-state index contributed by atoms with van der Waals surface area (Å²) in [5, 5.41) is 0. The van der Waals surface area contributed by atoms with Crippen molar-refractivity contribution in [3.63, 3.8) is 0 Å². The Balaban J connectivity index is 3.38. The minimum Gasteiger partial charge on any atom is -0.330 e. The van der Waals surface area contributed by atoms with Gasteiger partial charge in [-0.1, -0.05) is 0 Å². The highest BCUT2D eigenvalue weighted by Crippen LogP contribution is 2.05. The molecular formula is C5H11O4P. The normalized spacial score (nSPS) is 11.1. The van der Waals surface area contributed by atoms with E-state index in [1.807, 2.05) is 0 Å². The van der Waals surface area contributed by atoms with E-state index in [1.165, 1.54) is 0 Å². The second-order valence-corrected chi connectivity index (χ2v) is 1.74. The quantitative estimate of drug-likeness (QED) is 0.443. The van der Waals surface area contributed by atoms with Gasteiger partial charge in [0.15, 0.2) is 0 Å². The average molecular weight is 166 g/mol. The fraction of sp³-hybridized carbons (Fsp3) is 1.00. The molecule has 0 aromatic carbocycles. The summed E-state index contributed by atoms with van der Waals surface area (Å²) in [6, 6.07) is 0. The van der Waals surface area contributed by atoms with Gasteiger partial charge in [-0.25, -0.2) is 9.09 Å². The summed E-state index contributed by atoms with van der Waals surface area (Å²) in [4.78, 5) is 0. The first-order valence-corrected chi connectivity index (χ1v) is 3.79. The third kappa shape index (κ3) is 4.82. The molecule has 0 bridgehead atoms. The van der Waals surface area contributed by atoms with Gasteiger partial charge in [-0.05, 0) is 13.8 Å². The average Bonchev–Trinajstić information content (AvgIpc) is 1.90. The molecular weight excluding hydrogens is 155 g/mol. The van der Waals surface area contributed by atoms with Crippen molar-refractivity contribution in [1.29, 1.82) is 0 Å². The molecule has 5 heteroatoms. The highest BCUT2D eigenvalue weighted by atomic mass is 31.1. The topological polar surface area (TPSA) is 44.8 Å². The molecule has 0 aliphatic carbocycles. The Labute approximate surface area is 61.7 Å². The van der Waals surface area contributed by atoms with Gasteiger partial charge in [0.25, 0.3) is 6.48 Å². The van der Waals surface area contributed by atoms with E-state index in [0.717, 1.165) is 0 Å². The molecule has 0 fully saturated rings. The molecule has 0 aliphatic heterocycles. The maximum Gasteiger partial charge on any atom is 0.331 e. The van der Waals surface area contributed by atoms with Crippen molar-refractivity contribution in [2.24, 2.45) is 0 Å². The Morgan fingerprint density at radius 3 is 2.10 bits per heavy atom. The fourth-order valence-electron chi connectivity index (χ4n) is 0.416. The van der Waals surface area contributed by atoms with E-state index < -0.39 is 15.2 Å². The minimum absolute atomic E-state index is 0.426. The van der Waals surface area contributed by atoms with Crippen molar-refractivity contribution in [2.75, 3.05) is 13.2 Å². The monoisotopic (exact) mass is 166 g/mol. The molecule has 0 aliphatic rings.